The number of nitrogens with zero attached hydrogens (tertiary/aromatic N) is 1. The summed E-state index contributed by atoms with van der Waals surface area (Å²) in [5, 5.41) is 10.4. The van der Waals surface area contributed by atoms with Crippen LogP contribution in [0.5, 0.6) is 0 Å². The van der Waals surface area contributed by atoms with Crippen LogP contribution in [0.15, 0.2) is 36.4 Å². The molecule has 0 spiro atoms. The fourth-order valence-electron chi connectivity index (χ4n) is 4.59. The van der Waals surface area contributed by atoms with E-state index in [1.807, 2.05) is 30.9 Å². The monoisotopic (exact) mass is 509 g/mol. The summed E-state index contributed by atoms with van der Waals surface area (Å²) >= 11 is 1.53. The lowest BCUT2D eigenvalue weighted by molar-refractivity contribution is -0.137. The molecule has 192 valence electrons. The number of ketones is 1. The fourth-order valence-corrected chi connectivity index (χ4v) is 5.59. The van der Waals surface area contributed by atoms with E-state index in [9.17, 15) is 27.9 Å². The largest absolute Gasteiger partial charge is 0.416 e. The number of likely N-dealkylation sites (tertiary alicyclic amines) is 1. The summed E-state index contributed by atoms with van der Waals surface area (Å²) in [5.74, 6) is 0.616. The lowest BCUT2D eigenvalue weighted by Gasteiger charge is -2.25. The number of benzene rings is 1. The number of halogens is 3. The van der Waals surface area contributed by atoms with Gasteiger partial charge in [-0.25, -0.2) is 0 Å². The predicted octanol–water partition coefficient (Wildman–Crippen LogP) is 6.30. The number of rotatable bonds is 12. The van der Waals surface area contributed by atoms with Crippen LogP contribution in [-0.4, -0.2) is 40.4 Å². The molecule has 1 fully saturated rings. The summed E-state index contributed by atoms with van der Waals surface area (Å²) in [5.41, 5.74) is -0.259. The van der Waals surface area contributed by atoms with Gasteiger partial charge >= 0.3 is 6.18 Å². The zero-order valence-corrected chi connectivity index (χ0v) is 21.1. The number of amides is 1. The smallest absolute Gasteiger partial charge is 0.393 e. The molecule has 2 heterocycles. The molecule has 0 unspecified atom stereocenters. The number of hydrogen-bond acceptors (Lipinski definition) is 4. The molecule has 1 aromatic carbocycles. The maximum atomic E-state index is 12.9. The Morgan fingerprint density at radius 2 is 2.00 bits per heavy atom. The Balaban J connectivity index is 1.46. The molecule has 1 aliphatic rings. The highest BCUT2D eigenvalue weighted by atomic mass is 32.1. The van der Waals surface area contributed by atoms with Crippen LogP contribution in [0.3, 0.4) is 0 Å². The van der Waals surface area contributed by atoms with E-state index in [1.165, 1.54) is 17.4 Å². The van der Waals surface area contributed by atoms with Gasteiger partial charge in [0.25, 0.3) is 0 Å². The molecule has 8 heteroatoms. The molecule has 2 aromatic rings. The first-order chi connectivity index (χ1) is 16.5. The van der Waals surface area contributed by atoms with Crippen molar-refractivity contribution in [2.24, 2.45) is 5.92 Å². The molecular formula is C27H34F3NO3S. The van der Waals surface area contributed by atoms with Crippen LogP contribution in [-0.2, 0) is 23.8 Å². The number of aliphatic hydroxyl groups is 1. The summed E-state index contributed by atoms with van der Waals surface area (Å²) in [6.45, 7) is 4.68. The first kappa shape index (κ1) is 27.4. The summed E-state index contributed by atoms with van der Waals surface area (Å²) in [7, 11) is 0. The van der Waals surface area contributed by atoms with E-state index in [4.69, 9.17) is 0 Å². The van der Waals surface area contributed by atoms with E-state index in [-0.39, 0.29) is 24.2 Å². The van der Waals surface area contributed by atoms with Crippen LogP contribution in [0.2, 0.25) is 0 Å². The van der Waals surface area contributed by atoms with Crippen LogP contribution in [0, 0.1) is 5.92 Å². The van der Waals surface area contributed by atoms with Gasteiger partial charge in [0.2, 0.25) is 5.91 Å². The quantitative estimate of drug-likeness (QED) is 0.342. The molecule has 1 aliphatic heterocycles. The van der Waals surface area contributed by atoms with Gasteiger partial charge in [0, 0.05) is 30.3 Å². The average molecular weight is 510 g/mol. The van der Waals surface area contributed by atoms with Gasteiger partial charge in [-0.05, 0) is 68.2 Å². The summed E-state index contributed by atoms with van der Waals surface area (Å²) in [6, 6.07) is 8.99. The van der Waals surface area contributed by atoms with E-state index in [1.54, 1.807) is 6.07 Å². The van der Waals surface area contributed by atoms with Gasteiger partial charge in [-0.3, -0.25) is 9.59 Å². The third-order valence-electron chi connectivity index (χ3n) is 6.36. The van der Waals surface area contributed by atoms with Crippen LogP contribution in [0.1, 0.15) is 78.0 Å². The van der Waals surface area contributed by atoms with Crippen molar-refractivity contribution < 1.29 is 27.9 Å². The second-order valence-electron chi connectivity index (χ2n) is 9.80. The molecule has 0 radical (unpaired) electrons. The highest BCUT2D eigenvalue weighted by Gasteiger charge is 2.32. The molecule has 0 saturated carbocycles. The third-order valence-corrected chi connectivity index (χ3v) is 7.55. The van der Waals surface area contributed by atoms with Crippen LogP contribution >= 0.6 is 11.3 Å². The molecule has 0 bridgehead atoms. The van der Waals surface area contributed by atoms with E-state index >= 15 is 0 Å². The van der Waals surface area contributed by atoms with Crippen LogP contribution in [0.4, 0.5) is 13.2 Å². The van der Waals surface area contributed by atoms with E-state index in [0.29, 0.717) is 43.7 Å². The van der Waals surface area contributed by atoms with E-state index in [0.717, 1.165) is 41.1 Å². The van der Waals surface area contributed by atoms with Crippen molar-refractivity contribution >= 4 is 23.0 Å². The minimum Gasteiger partial charge on any atom is -0.393 e. The first-order valence-corrected chi connectivity index (χ1v) is 13.1. The highest BCUT2D eigenvalue weighted by Crippen LogP contribution is 2.30. The lowest BCUT2D eigenvalue weighted by Crippen LogP contribution is -2.34. The number of Topliss-reactive ketones (excluding diaryl/α,β-unsaturated/α-hetero) is 1. The van der Waals surface area contributed by atoms with Crippen LogP contribution in [0.25, 0.3) is 0 Å². The molecule has 35 heavy (non-hydrogen) atoms. The summed E-state index contributed by atoms with van der Waals surface area (Å²) in [6.07, 6.45) is -0.589. The Labute approximate surface area is 209 Å². The maximum absolute atomic E-state index is 12.9. The Bertz CT molecular complexity index is 1000. The lowest BCUT2D eigenvalue weighted by atomic mass is 9.99. The van der Waals surface area contributed by atoms with Crippen molar-refractivity contribution in [2.45, 2.75) is 83.5 Å². The first-order valence-electron chi connectivity index (χ1n) is 12.3. The van der Waals surface area contributed by atoms with Crippen LogP contribution < -0.4 is 0 Å². The molecule has 1 aromatic heterocycles. The van der Waals surface area contributed by atoms with Gasteiger partial charge in [0.05, 0.1) is 16.5 Å². The molecule has 4 nitrogen and oxygen atoms in total. The fraction of sp³-hybridized carbons (Fsp3) is 0.556. The van der Waals surface area contributed by atoms with Crippen molar-refractivity contribution in [3.63, 3.8) is 0 Å². The topological polar surface area (TPSA) is 57.6 Å². The van der Waals surface area contributed by atoms with Crippen molar-refractivity contribution in [1.82, 2.24) is 4.90 Å². The molecule has 1 saturated heterocycles. The molecule has 3 rings (SSSR count). The van der Waals surface area contributed by atoms with Gasteiger partial charge in [0.15, 0.2) is 5.78 Å². The number of aliphatic hydroxyl groups excluding tert-OH is 1. The normalized spacial score (nSPS) is 17.4. The van der Waals surface area contributed by atoms with Crippen molar-refractivity contribution in [3.05, 3.63) is 57.3 Å². The van der Waals surface area contributed by atoms with Gasteiger partial charge in [-0.1, -0.05) is 32.0 Å². The van der Waals surface area contributed by atoms with Gasteiger partial charge in [0.1, 0.15) is 0 Å². The minimum absolute atomic E-state index is 0.0465. The number of aryl methyl sites for hydroxylation is 1. The molecule has 1 N–H and O–H groups in total. The number of carbonyl (C=O) groups excluding carboxylic acids is 2. The zero-order valence-electron chi connectivity index (χ0n) is 20.3. The number of hydrogen-bond donors (Lipinski definition) is 1. The summed E-state index contributed by atoms with van der Waals surface area (Å²) < 4.78 is 38.7. The Hall–Kier alpha value is -2.19. The standard InChI is InChI=1S/C27H34F3NO3S/c1-18(2)15-24(33)25-12-11-23(35-25)7-4-14-31-21(9-13-26(31)34)8-10-22(32)17-19-5-3-6-20(16-19)27(28,29)30/h3,5-6,11-12,16,18,21-22,32H,4,7-10,13-15,17H2,1-2H3/t21-,22+/m0/s1. The number of alkyl halides is 3. The molecule has 0 aliphatic carbocycles. The van der Waals surface area contributed by atoms with Gasteiger partial charge < -0.3 is 10.0 Å². The van der Waals surface area contributed by atoms with Gasteiger partial charge in [-0.2, -0.15) is 13.2 Å². The zero-order chi connectivity index (χ0) is 25.6. The highest BCUT2D eigenvalue weighted by molar-refractivity contribution is 7.14. The minimum atomic E-state index is -4.40. The second kappa shape index (κ2) is 12.2. The van der Waals surface area contributed by atoms with Crippen molar-refractivity contribution in [1.29, 1.82) is 0 Å². The molecule has 1 amide bonds. The molecule has 2 atom stereocenters. The average Bonchev–Trinajstić information content (AvgIpc) is 3.39. The van der Waals surface area contributed by atoms with E-state index in [2.05, 4.69) is 0 Å². The van der Waals surface area contributed by atoms with Gasteiger partial charge in [-0.15, -0.1) is 11.3 Å². The SMILES string of the molecule is CC(C)CC(=O)c1ccc(CCCN2C(=O)CC[C@@H]2CC[C@@H](O)Cc2cccc(C(F)(F)F)c2)s1. The predicted molar refractivity (Wildman–Crippen MR) is 132 cm³/mol. The number of carbonyl (C=O) groups is 2. The van der Waals surface area contributed by atoms with Crippen molar-refractivity contribution in [3.8, 4) is 0 Å². The Morgan fingerprint density at radius 3 is 2.71 bits per heavy atom. The van der Waals surface area contributed by atoms with E-state index < -0.39 is 17.8 Å². The third kappa shape index (κ3) is 8.17. The molecular weight excluding hydrogens is 475 g/mol. The Morgan fingerprint density at radius 1 is 1.23 bits per heavy atom. The second-order valence-corrected chi connectivity index (χ2v) is 11.0. The van der Waals surface area contributed by atoms with Crippen molar-refractivity contribution in [2.75, 3.05) is 6.54 Å². The Kier molecular flexibility index (Phi) is 9.53. The maximum Gasteiger partial charge on any atom is 0.416 e. The number of thiophene rings is 1. The summed E-state index contributed by atoms with van der Waals surface area (Å²) in [4.78, 5) is 28.4.